The summed E-state index contributed by atoms with van der Waals surface area (Å²) in [4.78, 5) is 20.7. The summed E-state index contributed by atoms with van der Waals surface area (Å²) in [6.07, 6.45) is -5.87. The van der Waals surface area contributed by atoms with Crippen molar-refractivity contribution in [3.63, 3.8) is 0 Å². The molecular weight excluding hydrogens is 359 g/mol. The molecular formula is C19H18F3N3O2. The fourth-order valence-electron chi connectivity index (χ4n) is 2.97. The molecule has 3 rings (SSSR count). The molecule has 0 saturated carbocycles. The Bertz CT molecular complexity index is 1000. The highest BCUT2D eigenvalue weighted by Gasteiger charge is 2.34. The number of aliphatic hydroxyl groups is 1. The molecule has 0 radical (unpaired) electrons. The van der Waals surface area contributed by atoms with Crippen LogP contribution in [0, 0.1) is 0 Å². The largest absolute Gasteiger partial charge is 0.416 e. The number of likely N-dealkylation sites (N-methyl/N-ethyl adjacent to an activating group) is 1. The standard InChI is InChI=1S/C19H18F3N3O2/c1-25(10-16(26)12-6-2-4-8-14(12)19(20,21)22)11-17-23-15-9-5-3-7-13(15)18(27)24-17/h2-9,16,26H,10-11H2,1H3,(H,23,24,27)/t16-/m1/s1. The summed E-state index contributed by atoms with van der Waals surface area (Å²) in [6.45, 7) is 0.120. The second-order valence-corrected chi connectivity index (χ2v) is 6.33. The van der Waals surface area contributed by atoms with Crippen molar-refractivity contribution in [3.05, 3.63) is 75.8 Å². The number of nitrogens with zero attached hydrogens (tertiary/aromatic N) is 2. The highest BCUT2D eigenvalue weighted by molar-refractivity contribution is 5.77. The number of aromatic amines is 1. The van der Waals surface area contributed by atoms with Gasteiger partial charge in [-0.3, -0.25) is 9.69 Å². The van der Waals surface area contributed by atoms with Gasteiger partial charge in [0.05, 0.1) is 29.1 Å². The zero-order valence-electron chi connectivity index (χ0n) is 14.5. The van der Waals surface area contributed by atoms with Gasteiger partial charge in [0.25, 0.3) is 5.56 Å². The molecule has 27 heavy (non-hydrogen) atoms. The lowest BCUT2D eigenvalue weighted by molar-refractivity contribution is -0.139. The molecule has 1 atom stereocenters. The number of benzene rings is 2. The smallest absolute Gasteiger partial charge is 0.387 e. The van der Waals surface area contributed by atoms with Gasteiger partial charge in [-0.2, -0.15) is 13.2 Å². The number of halogens is 3. The van der Waals surface area contributed by atoms with Crippen molar-refractivity contribution in [2.24, 2.45) is 0 Å². The lowest BCUT2D eigenvalue weighted by atomic mass is 10.0. The topological polar surface area (TPSA) is 69.2 Å². The summed E-state index contributed by atoms with van der Waals surface area (Å²) in [5.41, 5.74) is -0.792. The maximum atomic E-state index is 13.1. The Morgan fingerprint density at radius 1 is 1.15 bits per heavy atom. The number of rotatable bonds is 5. The summed E-state index contributed by atoms with van der Waals surface area (Å²) in [5.74, 6) is 0.373. The van der Waals surface area contributed by atoms with E-state index in [1.807, 2.05) is 0 Å². The molecule has 1 heterocycles. The van der Waals surface area contributed by atoms with Gasteiger partial charge in [-0.25, -0.2) is 4.98 Å². The molecule has 2 N–H and O–H groups in total. The number of fused-ring (bicyclic) bond motifs is 1. The SMILES string of the molecule is CN(Cc1nc2ccccc2c(=O)[nH]1)C[C@@H](O)c1ccccc1C(F)(F)F. The van der Waals surface area contributed by atoms with E-state index in [1.165, 1.54) is 18.2 Å². The van der Waals surface area contributed by atoms with Crippen LogP contribution in [0.2, 0.25) is 0 Å². The molecule has 2 aromatic carbocycles. The molecule has 0 aliphatic heterocycles. The summed E-state index contributed by atoms with van der Waals surface area (Å²) in [5, 5.41) is 10.8. The first-order valence-electron chi connectivity index (χ1n) is 8.26. The molecule has 5 nitrogen and oxygen atoms in total. The number of aromatic nitrogens is 2. The average molecular weight is 377 g/mol. The highest BCUT2D eigenvalue weighted by Crippen LogP contribution is 2.34. The quantitative estimate of drug-likeness (QED) is 0.717. The lowest BCUT2D eigenvalue weighted by Gasteiger charge is -2.22. The monoisotopic (exact) mass is 377 g/mol. The number of hydrogen-bond acceptors (Lipinski definition) is 4. The van der Waals surface area contributed by atoms with Crippen molar-refractivity contribution < 1.29 is 18.3 Å². The third-order valence-electron chi connectivity index (χ3n) is 4.19. The minimum absolute atomic E-state index is 0.0520. The lowest BCUT2D eigenvalue weighted by Crippen LogP contribution is -2.27. The first-order chi connectivity index (χ1) is 12.8. The molecule has 0 amide bonds. The molecule has 1 aromatic heterocycles. The summed E-state index contributed by atoms with van der Waals surface area (Å²) in [7, 11) is 1.63. The number of nitrogens with one attached hydrogen (secondary N) is 1. The maximum Gasteiger partial charge on any atom is 0.416 e. The molecule has 8 heteroatoms. The Labute approximate surface area is 153 Å². The Morgan fingerprint density at radius 3 is 2.56 bits per heavy atom. The Hall–Kier alpha value is -2.71. The van der Waals surface area contributed by atoms with Crippen molar-refractivity contribution in [2.75, 3.05) is 13.6 Å². The van der Waals surface area contributed by atoms with Crippen LogP contribution in [0.3, 0.4) is 0 Å². The Kier molecular flexibility index (Phi) is 5.29. The van der Waals surface area contributed by atoms with E-state index in [2.05, 4.69) is 9.97 Å². The van der Waals surface area contributed by atoms with Gasteiger partial charge in [0.2, 0.25) is 0 Å². The van der Waals surface area contributed by atoms with Gasteiger partial charge in [0, 0.05) is 6.54 Å². The third kappa shape index (κ3) is 4.35. The van der Waals surface area contributed by atoms with Crippen molar-refractivity contribution in [1.29, 1.82) is 0 Å². The van der Waals surface area contributed by atoms with Crippen LogP contribution >= 0.6 is 0 Å². The second kappa shape index (κ2) is 7.50. The van der Waals surface area contributed by atoms with E-state index in [1.54, 1.807) is 36.2 Å². The zero-order valence-corrected chi connectivity index (χ0v) is 14.5. The fourth-order valence-corrected chi connectivity index (χ4v) is 2.97. The van der Waals surface area contributed by atoms with Crippen molar-refractivity contribution >= 4 is 10.9 Å². The van der Waals surface area contributed by atoms with Crippen LogP contribution in [0.4, 0.5) is 13.2 Å². The van der Waals surface area contributed by atoms with E-state index in [-0.39, 0.29) is 24.2 Å². The molecule has 0 spiro atoms. The van der Waals surface area contributed by atoms with Crippen LogP contribution in [0.25, 0.3) is 10.9 Å². The number of H-pyrrole nitrogens is 1. The Balaban J connectivity index is 1.77. The van der Waals surface area contributed by atoms with Gasteiger partial charge in [0.15, 0.2) is 0 Å². The number of alkyl halides is 3. The average Bonchev–Trinajstić information content (AvgIpc) is 2.61. The Morgan fingerprint density at radius 2 is 1.81 bits per heavy atom. The molecule has 0 aliphatic carbocycles. The predicted octanol–water partition coefficient (Wildman–Crippen LogP) is 3.11. The fraction of sp³-hybridized carbons (Fsp3) is 0.263. The summed E-state index contributed by atoms with van der Waals surface area (Å²) in [6, 6.07) is 11.8. The van der Waals surface area contributed by atoms with Gasteiger partial charge in [-0.1, -0.05) is 30.3 Å². The van der Waals surface area contributed by atoms with Gasteiger partial charge >= 0.3 is 6.18 Å². The minimum Gasteiger partial charge on any atom is -0.387 e. The van der Waals surface area contributed by atoms with Crippen LogP contribution in [-0.2, 0) is 12.7 Å². The van der Waals surface area contributed by atoms with Gasteiger partial charge in [0.1, 0.15) is 5.82 Å². The molecule has 0 bridgehead atoms. The summed E-state index contributed by atoms with van der Waals surface area (Å²) < 4.78 is 39.3. The van der Waals surface area contributed by atoms with Crippen LogP contribution in [0.15, 0.2) is 53.3 Å². The van der Waals surface area contributed by atoms with E-state index in [0.717, 1.165) is 6.07 Å². The van der Waals surface area contributed by atoms with Crippen molar-refractivity contribution in [1.82, 2.24) is 14.9 Å². The predicted molar refractivity (Wildman–Crippen MR) is 95.1 cm³/mol. The minimum atomic E-state index is -4.54. The maximum absolute atomic E-state index is 13.1. The van der Waals surface area contributed by atoms with Gasteiger partial charge in [-0.15, -0.1) is 0 Å². The number of para-hydroxylation sites is 1. The second-order valence-electron chi connectivity index (χ2n) is 6.33. The molecule has 142 valence electrons. The van der Waals surface area contributed by atoms with E-state index in [9.17, 15) is 23.1 Å². The zero-order chi connectivity index (χ0) is 19.6. The molecule has 3 aromatic rings. The van der Waals surface area contributed by atoms with Gasteiger partial charge in [-0.05, 0) is 30.8 Å². The van der Waals surface area contributed by atoms with E-state index >= 15 is 0 Å². The molecule has 0 aliphatic rings. The van der Waals surface area contributed by atoms with Crippen molar-refractivity contribution in [3.8, 4) is 0 Å². The normalized spacial score (nSPS) is 13.3. The molecule has 0 unspecified atom stereocenters. The van der Waals surface area contributed by atoms with Gasteiger partial charge < -0.3 is 10.1 Å². The van der Waals surface area contributed by atoms with Crippen LogP contribution in [-0.4, -0.2) is 33.6 Å². The van der Waals surface area contributed by atoms with E-state index in [0.29, 0.717) is 16.7 Å². The number of aliphatic hydroxyl groups excluding tert-OH is 1. The van der Waals surface area contributed by atoms with E-state index < -0.39 is 17.8 Å². The highest BCUT2D eigenvalue weighted by atomic mass is 19.4. The molecule has 0 saturated heterocycles. The van der Waals surface area contributed by atoms with Crippen LogP contribution < -0.4 is 5.56 Å². The first-order valence-corrected chi connectivity index (χ1v) is 8.26. The third-order valence-corrected chi connectivity index (χ3v) is 4.19. The van der Waals surface area contributed by atoms with Crippen molar-refractivity contribution in [2.45, 2.75) is 18.8 Å². The number of hydrogen-bond donors (Lipinski definition) is 2. The summed E-state index contributed by atoms with van der Waals surface area (Å²) >= 11 is 0. The first kappa shape index (κ1) is 19.1. The van der Waals surface area contributed by atoms with Crippen LogP contribution in [0.5, 0.6) is 0 Å². The van der Waals surface area contributed by atoms with E-state index in [4.69, 9.17) is 0 Å². The molecule has 0 fully saturated rings. The van der Waals surface area contributed by atoms with Crippen LogP contribution in [0.1, 0.15) is 23.1 Å².